The first-order valence-electron chi connectivity index (χ1n) is 6.34. The van der Waals surface area contributed by atoms with Crippen molar-refractivity contribution >= 4 is 17.9 Å². The Bertz CT molecular complexity index is 640. The standard InChI is InChI=1S/C16H15NO4/c1-20-15-8-3-2-7-14(15)17-16(19)11-21-13-6-4-5-12(9-13)10-18/h2-10H,11H2,1H3,(H,17,19). The van der Waals surface area contributed by atoms with Crippen molar-refractivity contribution in [2.75, 3.05) is 19.0 Å². The van der Waals surface area contributed by atoms with Crippen LogP contribution < -0.4 is 14.8 Å². The summed E-state index contributed by atoms with van der Waals surface area (Å²) in [5, 5.41) is 2.70. The first kappa shape index (κ1) is 14.6. The molecule has 0 unspecified atom stereocenters. The topological polar surface area (TPSA) is 64.6 Å². The minimum atomic E-state index is -0.309. The highest BCUT2D eigenvalue weighted by Crippen LogP contribution is 2.22. The molecule has 5 heteroatoms. The van der Waals surface area contributed by atoms with E-state index >= 15 is 0 Å². The zero-order chi connectivity index (χ0) is 15.1. The molecule has 0 aliphatic carbocycles. The average molecular weight is 285 g/mol. The van der Waals surface area contributed by atoms with Gasteiger partial charge in [0, 0.05) is 5.56 Å². The molecule has 0 atom stereocenters. The van der Waals surface area contributed by atoms with E-state index in [2.05, 4.69) is 5.32 Å². The summed E-state index contributed by atoms with van der Waals surface area (Å²) < 4.78 is 10.5. The van der Waals surface area contributed by atoms with Crippen LogP contribution in [0.25, 0.3) is 0 Å². The first-order valence-corrected chi connectivity index (χ1v) is 6.34. The second kappa shape index (κ2) is 7.09. The van der Waals surface area contributed by atoms with E-state index < -0.39 is 0 Å². The SMILES string of the molecule is COc1ccccc1NC(=O)COc1cccc(C=O)c1. The summed E-state index contributed by atoms with van der Waals surface area (Å²) in [5.41, 5.74) is 1.08. The van der Waals surface area contributed by atoms with Crippen molar-refractivity contribution in [3.05, 3.63) is 54.1 Å². The molecule has 5 nitrogen and oxygen atoms in total. The van der Waals surface area contributed by atoms with Crippen molar-refractivity contribution < 1.29 is 19.1 Å². The number of carbonyl (C=O) groups excluding carboxylic acids is 2. The van der Waals surface area contributed by atoms with E-state index in [0.717, 1.165) is 6.29 Å². The summed E-state index contributed by atoms with van der Waals surface area (Å²) in [6.07, 6.45) is 0.724. The van der Waals surface area contributed by atoms with Gasteiger partial charge in [-0.25, -0.2) is 0 Å². The second-order valence-electron chi connectivity index (χ2n) is 4.23. The molecule has 0 aliphatic heterocycles. The Morgan fingerprint density at radius 3 is 2.76 bits per heavy atom. The number of carbonyl (C=O) groups is 2. The fourth-order valence-electron chi connectivity index (χ4n) is 1.76. The zero-order valence-corrected chi connectivity index (χ0v) is 11.5. The smallest absolute Gasteiger partial charge is 0.262 e. The normalized spacial score (nSPS) is 9.76. The van der Waals surface area contributed by atoms with Crippen molar-refractivity contribution in [2.24, 2.45) is 0 Å². The van der Waals surface area contributed by atoms with Gasteiger partial charge in [0.2, 0.25) is 0 Å². The van der Waals surface area contributed by atoms with Crippen LogP contribution in [0, 0.1) is 0 Å². The van der Waals surface area contributed by atoms with E-state index in [9.17, 15) is 9.59 Å². The van der Waals surface area contributed by atoms with E-state index in [4.69, 9.17) is 9.47 Å². The lowest BCUT2D eigenvalue weighted by Gasteiger charge is -2.10. The predicted octanol–water partition coefficient (Wildman–Crippen LogP) is 2.53. The molecule has 2 aromatic carbocycles. The number of para-hydroxylation sites is 2. The Balaban J connectivity index is 1.94. The van der Waals surface area contributed by atoms with Gasteiger partial charge in [0.25, 0.3) is 5.91 Å². The molecule has 2 aromatic rings. The number of benzene rings is 2. The summed E-state index contributed by atoms with van der Waals surface area (Å²) in [7, 11) is 1.53. The summed E-state index contributed by atoms with van der Waals surface area (Å²) >= 11 is 0. The molecule has 1 N–H and O–H groups in total. The van der Waals surface area contributed by atoms with Crippen molar-refractivity contribution in [2.45, 2.75) is 0 Å². The number of hydrogen-bond acceptors (Lipinski definition) is 4. The summed E-state index contributed by atoms with van der Waals surface area (Å²) in [6, 6.07) is 13.7. The van der Waals surface area contributed by atoms with Gasteiger partial charge in [0.05, 0.1) is 12.8 Å². The lowest BCUT2D eigenvalue weighted by Crippen LogP contribution is -2.20. The summed E-state index contributed by atoms with van der Waals surface area (Å²) in [4.78, 5) is 22.5. The van der Waals surface area contributed by atoms with Crippen LogP contribution in [0.1, 0.15) is 10.4 Å². The van der Waals surface area contributed by atoms with E-state index in [1.54, 1.807) is 42.5 Å². The van der Waals surface area contributed by atoms with Crippen LogP contribution in [-0.4, -0.2) is 25.9 Å². The highest BCUT2D eigenvalue weighted by Gasteiger charge is 2.07. The van der Waals surface area contributed by atoms with Gasteiger partial charge in [0.1, 0.15) is 17.8 Å². The van der Waals surface area contributed by atoms with Crippen LogP contribution in [0.2, 0.25) is 0 Å². The van der Waals surface area contributed by atoms with Crippen LogP contribution in [0.3, 0.4) is 0 Å². The molecule has 0 aliphatic rings. The van der Waals surface area contributed by atoms with Crippen LogP contribution in [0.4, 0.5) is 5.69 Å². The molecule has 0 spiro atoms. The van der Waals surface area contributed by atoms with Gasteiger partial charge in [0.15, 0.2) is 6.61 Å². The lowest BCUT2D eigenvalue weighted by atomic mass is 10.2. The van der Waals surface area contributed by atoms with Crippen molar-refractivity contribution in [1.82, 2.24) is 0 Å². The van der Waals surface area contributed by atoms with Gasteiger partial charge in [-0.2, -0.15) is 0 Å². The van der Waals surface area contributed by atoms with Gasteiger partial charge in [-0.3, -0.25) is 9.59 Å². The molecule has 0 heterocycles. The number of methoxy groups -OCH3 is 1. The maximum absolute atomic E-state index is 11.8. The van der Waals surface area contributed by atoms with E-state index in [1.807, 2.05) is 6.07 Å². The molecular formula is C16H15NO4. The van der Waals surface area contributed by atoms with Crippen LogP contribution >= 0.6 is 0 Å². The number of aldehydes is 1. The third-order valence-corrected chi connectivity index (χ3v) is 2.75. The minimum absolute atomic E-state index is 0.152. The van der Waals surface area contributed by atoms with Gasteiger partial charge in [-0.1, -0.05) is 24.3 Å². The van der Waals surface area contributed by atoms with Crippen molar-refractivity contribution in [3.8, 4) is 11.5 Å². The molecule has 0 radical (unpaired) electrons. The number of ether oxygens (including phenoxy) is 2. The molecule has 0 saturated heterocycles. The zero-order valence-electron chi connectivity index (χ0n) is 11.5. The fraction of sp³-hybridized carbons (Fsp3) is 0.125. The molecule has 0 bridgehead atoms. The summed E-state index contributed by atoms with van der Waals surface area (Å²) in [6.45, 7) is -0.152. The molecule has 108 valence electrons. The number of rotatable bonds is 6. The van der Waals surface area contributed by atoms with Gasteiger partial charge in [-0.05, 0) is 24.3 Å². The first-order chi connectivity index (χ1) is 10.2. The average Bonchev–Trinajstić information content (AvgIpc) is 2.53. The van der Waals surface area contributed by atoms with E-state index in [1.165, 1.54) is 7.11 Å². The molecule has 2 rings (SSSR count). The number of anilines is 1. The number of amides is 1. The fourth-order valence-corrected chi connectivity index (χ4v) is 1.76. The van der Waals surface area contributed by atoms with Gasteiger partial charge in [-0.15, -0.1) is 0 Å². The van der Waals surface area contributed by atoms with Crippen LogP contribution in [0.5, 0.6) is 11.5 Å². The molecule has 0 aromatic heterocycles. The summed E-state index contributed by atoms with van der Waals surface area (Å²) in [5.74, 6) is 0.736. The molecular weight excluding hydrogens is 270 g/mol. The van der Waals surface area contributed by atoms with Gasteiger partial charge < -0.3 is 14.8 Å². The Labute approximate surface area is 122 Å². The maximum Gasteiger partial charge on any atom is 0.262 e. The van der Waals surface area contributed by atoms with Crippen LogP contribution in [0.15, 0.2) is 48.5 Å². The largest absolute Gasteiger partial charge is 0.495 e. The number of nitrogens with one attached hydrogen (secondary N) is 1. The molecule has 0 fully saturated rings. The highest BCUT2D eigenvalue weighted by atomic mass is 16.5. The Kier molecular flexibility index (Phi) is 4.93. The molecule has 0 saturated carbocycles. The predicted molar refractivity (Wildman–Crippen MR) is 78.9 cm³/mol. The Morgan fingerprint density at radius 2 is 2.00 bits per heavy atom. The Morgan fingerprint density at radius 1 is 1.19 bits per heavy atom. The third-order valence-electron chi connectivity index (χ3n) is 2.75. The van der Waals surface area contributed by atoms with E-state index in [-0.39, 0.29) is 12.5 Å². The molecule has 21 heavy (non-hydrogen) atoms. The number of hydrogen-bond donors (Lipinski definition) is 1. The Hall–Kier alpha value is -2.82. The third kappa shape index (κ3) is 4.07. The molecule has 1 amide bonds. The maximum atomic E-state index is 11.8. The monoisotopic (exact) mass is 285 g/mol. The van der Waals surface area contributed by atoms with Crippen LogP contribution in [-0.2, 0) is 4.79 Å². The minimum Gasteiger partial charge on any atom is -0.495 e. The van der Waals surface area contributed by atoms with Crippen molar-refractivity contribution in [1.29, 1.82) is 0 Å². The van der Waals surface area contributed by atoms with Crippen molar-refractivity contribution in [3.63, 3.8) is 0 Å². The lowest BCUT2D eigenvalue weighted by molar-refractivity contribution is -0.118. The van der Waals surface area contributed by atoms with E-state index in [0.29, 0.717) is 22.7 Å². The highest BCUT2D eigenvalue weighted by molar-refractivity contribution is 5.93. The second-order valence-corrected chi connectivity index (χ2v) is 4.23. The quantitative estimate of drug-likeness (QED) is 0.828. The van der Waals surface area contributed by atoms with Gasteiger partial charge >= 0.3 is 0 Å².